The van der Waals surface area contributed by atoms with E-state index in [9.17, 15) is 13.2 Å². The molecule has 1 fully saturated rings. The highest BCUT2D eigenvalue weighted by Gasteiger charge is 2.34. The number of alkyl halides is 3. The Balaban J connectivity index is 2.18. The van der Waals surface area contributed by atoms with Crippen LogP contribution in [0.15, 0.2) is 18.2 Å². The van der Waals surface area contributed by atoms with Crippen LogP contribution in [-0.2, 0) is 6.18 Å². The summed E-state index contributed by atoms with van der Waals surface area (Å²) in [5, 5.41) is 8.75. The fraction of sp³-hybridized carbons (Fsp3) is 0.462. The van der Waals surface area contributed by atoms with Crippen LogP contribution >= 0.6 is 0 Å². The molecule has 5 heteroatoms. The smallest absolute Gasteiger partial charge is 0.417 e. The van der Waals surface area contributed by atoms with Gasteiger partial charge in [-0.25, -0.2) is 0 Å². The molecule has 1 aliphatic carbocycles. The van der Waals surface area contributed by atoms with Gasteiger partial charge in [-0.2, -0.15) is 18.4 Å². The summed E-state index contributed by atoms with van der Waals surface area (Å²) in [6.07, 6.45) is -2.64. The van der Waals surface area contributed by atoms with Gasteiger partial charge in [-0.15, -0.1) is 0 Å². The van der Waals surface area contributed by atoms with Crippen LogP contribution in [0.5, 0.6) is 5.75 Å². The minimum atomic E-state index is -4.51. The van der Waals surface area contributed by atoms with E-state index in [-0.39, 0.29) is 6.10 Å². The van der Waals surface area contributed by atoms with Crippen molar-refractivity contribution in [2.45, 2.75) is 32.0 Å². The SMILES string of the molecule is CC1CC(Oc2ccc(C(F)(F)F)c(C#N)c2)C1. The minimum absolute atomic E-state index is 0.0586. The van der Waals surface area contributed by atoms with Gasteiger partial charge in [0.1, 0.15) is 5.75 Å². The molecule has 96 valence electrons. The second-order valence-corrected chi connectivity index (χ2v) is 4.63. The van der Waals surface area contributed by atoms with Crippen LogP contribution in [0.3, 0.4) is 0 Å². The van der Waals surface area contributed by atoms with Crippen LogP contribution in [-0.4, -0.2) is 6.10 Å². The first kappa shape index (κ1) is 12.7. The van der Waals surface area contributed by atoms with Gasteiger partial charge in [0.25, 0.3) is 0 Å². The highest BCUT2D eigenvalue weighted by Crippen LogP contribution is 2.35. The van der Waals surface area contributed by atoms with Crippen molar-refractivity contribution >= 4 is 0 Å². The van der Waals surface area contributed by atoms with E-state index in [4.69, 9.17) is 10.00 Å². The first-order valence-electron chi connectivity index (χ1n) is 5.68. The summed E-state index contributed by atoms with van der Waals surface area (Å²) in [5.41, 5.74) is -1.31. The molecule has 18 heavy (non-hydrogen) atoms. The third-order valence-corrected chi connectivity index (χ3v) is 3.05. The number of hydrogen-bond acceptors (Lipinski definition) is 2. The fourth-order valence-electron chi connectivity index (χ4n) is 2.05. The predicted molar refractivity (Wildman–Crippen MR) is 59.0 cm³/mol. The Morgan fingerprint density at radius 3 is 2.50 bits per heavy atom. The molecule has 0 aromatic heterocycles. The lowest BCUT2D eigenvalue weighted by molar-refractivity contribution is -0.137. The van der Waals surface area contributed by atoms with E-state index in [1.165, 1.54) is 6.07 Å². The summed E-state index contributed by atoms with van der Waals surface area (Å²) in [4.78, 5) is 0. The molecule has 0 spiro atoms. The van der Waals surface area contributed by atoms with Crippen molar-refractivity contribution < 1.29 is 17.9 Å². The number of nitrogens with zero attached hydrogens (tertiary/aromatic N) is 1. The quantitative estimate of drug-likeness (QED) is 0.806. The number of rotatable bonds is 2. The number of benzene rings is 1. The van der Waals surface area contributed by atoms with Crippen molar-refractivity contribution in [3.63, 3.8) is 0 Å². The molecule has 1 saturated carbocycles. The molecule has 1 aromatic carbocycles. The van der Waals surface area contributed by atoms with Crippen LogP contribution in [0.2, 0.25) is 0 Å². The van der Waals surface area contributed by atoms with Gasteiger partial charge in [-0.1, -0.05) is 6.92 Å². The van der Waals surface area contributed by atoms with Crippen molar-refractivity contribution in [3.8, 4) is 11.8 Å². The van der Waals surface area contributed by atoms with Crippen molar-refractivity contribution in [1.82, 2.24) is 0 Å². The minimum Gasteiger partial charge on any atom is -0.490 e. The Morgan fingerprint density at radius 1 is 1.33 bits per heavy atom. The van der Waals surface area contributed by atoms with Crippen molar-refractivity contribution in [2.24, 2.45) is 5.92 Å². The molecular formula is C13H12F3NO. The molecule has 0 aliphatic heterocycles. The zero-order valence-electron chi connectivity index (χ0n) is 9.79. The Labute approximate surface area is 103 Å². The van der Waals surface area contributed by atoms with Gasteiger partial charge in [0, 0.05) is 0 Å². The molecule has 0 amide bonds. The zero-order valence-corrected chi connectivity index (χ0v) is 9.79. The van der Waals surface area contributed by atoms with E-state index in [1.54, 1.807) is 6.07 Å². The molecule has 0 N–H and O–H groups in total. The molecule has 0 saturated heterocycles. The zero-order chi connectivity index (χ0) is 13.3. The summed E-state index contributed by atoms with van der Waals surface area (Å²) < 4.78 is 43.2. The van der Waals surface area contributed by atoms with Gasteiger partial charge in [0.15, 0.2) is 0 Å². The van der Waals surface area contributed by atoms with E-state index in [2.05, 4.69) is 6.92 Å². The Morgan fingerprint density at radius 2 is 2.00 bits per heavy atom. The second kappa shape index (κ2) is 4.52. The molecule has 1 aromatic rings. The number of hydrogen-bond donors (Lipinski definition) is 0. The third-order valence-electron chi connectivity index (χ3n) is 3.05. The number of ether oxygens (including phenoxy) is 1. The molecule has 0 unspecified atom stereocenters. The van der Waals surface area contributed by atoms with E-state index in [1.807, 2.05) is 0 Å². The third kappa shape index (κ3) is 2.58. The van der Waals surface area contributed by atoms with E-state index in [0.29, 0.717) is 11.7 Å². The van der Waals surface area contributed by atoms with Crippen molar-refractivity contribution in [2.75, 3.05) is 0 Å². The van der Waals surface area contributed by atoms with Crippen LogP contribution in [0.1, 0.15) is 30.9 Å². The predicted octanol–water partition coefficient (Wildman–Crippen LogP) is 3.75. The maximum absolute atomic E-state index is 12.6. The lowest BCUT2D eigenvalue weighted by Gasteiger charge is -2.32. The highest BCUT2D eigenvalue weighted by molar-refractivity contribution is 5.44. The van der Waals surface area contributed by atoms with Gasteiger partial charge in [0.2, 0.25) is 0 Å². The van der Waals surface area contributed by atoms with E-state index >= 15 is 0 Å². The summed E-state index contributed by atoms with van der Waals surface area (Å²) >= 11 is 0. The summed E-state index contributed by atoms with van der Waals surface area (Å²) in [5.74, 6) is 0.927. The average molecular weight is 255 g/mol. The van der Waals surface area contributed by atoms with Crippen LogP contribution in [0, 0.1) is 17.2 Å². The first-order chi connectivity index (χ1) is 8.40. The summed E-state index contributed by atoms with van der Waals surface area (Å²) in [7, 11) is 0. The van der Waals surface area contributed by atoms with E-state index < -0.39 is 17.3 Å². The van der Waals surface area contributed by atoms with Gasteiger partial charge in [-0.05, 0) is 37.0 Å². The second-order valence-electron chi connectivity index (χ2n) is 4.63. The lowest BCUT2D eigenvalue weighted by atomic mass is 9.84. The Kier molecular flexibility index (Phi) is 3.20. The molecule has 2 nitrogen and oxygen atoms in total. The molecule has 0 radical (unpaired) electrons. The Hall–Kier alpha value is -1.70. The van der Waals surface area contributed by atoms with Crippen molar-refractivity contribution in [3.05, 3.63) is 29.3 Å². The van der Waals surface area contributed by atoms with Gasteiger partial charge in [0.05, 0.1) is 23.3 Å². The Bertz CT molecular complexity index is 484. The summed E-state index contributed by atoms with van der Waals surface area (Å²) in [6.45, 7) is 2.09. The average Bonchev–Trinajstić information content (AvgIpc) is 2.25. The molecule has 2 rings (SSSR count). The normalized spacial score (nSPS) is 23.1. The fourth-order valence-corrected chi connectivity index (χ4v) is 2.05. The largest absolute Gasteiger partial charge is 0.490 e. The monoisotopic (exact) mass is 255 g/mol. The first-order valence-corrected chi connectivity index (χ1v) is 5.68. The van der Waals surface area contributed by atoms with Crippen LogP contribution in [0.4, 0.5) is 13.2 Å². The maximum atomic E-state index is 12.6. The lowest BCUT2D eigenvalue weighted by Crippen LogP contribution is -2.31. The van der Waals surface area contributed by atoms with Crippen LogP contribution in [0.25, 0.3) is 0 Å². The highest BCUT2D eigenvalue weighted by atomic mass is 19.4. The van der Waals surface area contributed by atoms with Crippen molar-refractivity contribution in [1.29, 1.82) is 5.26 Å². The molecule has 0 atom stereocenters. The summed E-state index contributed by atoms with van der Waals surface area (Å²) in [6, 6.07) is 4.89. The van der Waals surface area contributed by atoms with Gasteiger partial charge in [-0.3, -0.25) is 0 Å². The molecule has 0 bridgehead atoms. The number of halogens is 3. The van der Waals surface area contributed by atoms with Gasteiger partial charge < -0.3 is 4.74 Å². The van der Waals surface area contributed by atoms with E-state index in [0.717, 1.165) is 25.0 Å². The number of nitriles is 1. The molecular weight excluding hydrogens is 243 g/mol. The molecule has 1 aliphatic rings. The standard InChI is InChI=1S/C13H12F3NO/c1-8-4-11(5-8)18-10-2-3-12(13(14,15)16)9(6-10)7-17/h2-3,6,8,11H,4-5H2,1H3. The topological polar surface area (TPSA) is 33.0 Å². The van der Waals surface area contributed by atoms with Crippen LogP contribution < -0.4 is 4.74 Å². The maximum Gasteiger partial charge on any atom is 0.417 e. The van der Waals surface area contributed by atoms with Gasteiger partial charge >= 0.3 is 6.18 Å². The molecule has 0 heterocycles.